The number of likely N-dealkylation sites (tertiary alicyclic amines) is 1. The molecule has 4 heteroatoms. The van der Waals surface area contributed by atoms with Crippen LogP contribution in [0.3, 0.4) is 0 Å². The molecule has 2 atom stereocenters. The molecular weight excluding hydrogens is 266 g/mol. The summed E-state index contributed by atoms with van der Waals surface area (Å²) in [5.74, 6) is -0.478. The van der Waals surface area contributed by atoms with E-state index >= 15 is 0 Å². The molecule has 1 heterocycles. The van der Waals surface area contributed by atoms with Crippen LogP contribution in [0.4, 0.5) is 0 Å². The summed E-state index contributed by atoms with van der Waals surface area (Å²) in [5, 5.41) is 9.11. The van der Waals surface area contributed by atoms with Crippen LogP contribution in [0.15, 0.2) is 24.3 Å². The van der Waals surface area contributed by atoms with Gasteiger partial charge in [0, 0.05) is 18.6 Å². The van der Waals surface area contributed by atoms with Crippen molar-refractivity contribution in [2.24, 2.45) is 0 Å². The van der Waals surface area contributed by atoms with E-state index in [0.29, 0.717) is 24.4 Å². The van der Waals surface area contributed by atoms with Gasteiger partial charge in [-0.25, -0.2) is 4.79 Å². The van der Waals surface area contributed by atoms with Crippen LogP contribution in [0, 0.1) is 0 Å². The topological polar surface area (TPSA) is 49.8 Å². The average Bonchev–Trinajstić information content (AvgIpc) is 2.46. The number of aromatic carboxylic acids is 1. The lowest BCUT2D eigenvalue weighted by atomic mass is 9.97. The maximum absolute atomic E-state index is 11.1. The number of piperidine rings is 1. The number of nitrogens with zero attached hydrogens (tertiary/aromatic N) is 1. The summed E-state index contributed by atoms with van der Waals surface area (Å²) >= 11 is 0. The molecular formula is C17H25NO3. The Morgan fingerprint density at radius 3 is 2.62 bits per heavy atom. The first kappa shape index (κ1) is 15.8. The Bertz CT molecular complexity index is 465. The first-order valence-electron chi connectivity index (χ1n) is 7.80. The predicted octanol–water partition coefficient (Wildman–Crippen LogP) is 3.42. The van der Waals surface area contributed by atoms with Crippen LogP contribution in [0.25, 0.3) is 0 Å². The molecule has 0 bridgehead atoms. The predicted molar refractivity (Wildman–Crippen MR) is 83.0 cm³/mol. The van der Waals surface area contributed by atoms with Crippen molar-refractivity contribution >= 4 is 5.97 Å². The van der Waals surface area contributed by atoms with Crippen molar-refractivity contribution in [1.29, 1.82) is 0 Å². The van der Waals surface area contributed by atoms with Crippen molar-refractivity contribution in [2.45, 2.75) is 51.6 Å². The third kappa shape index (κ3) is 4.21. The molecule has 1 N–H and O–H groups in total. The van der Waals surface area contributed by atoms with E-state index in [-0.39, 0.29) is 5.56 Å². The molecule has 0 spiro atoms. The Balaban J connectivity index is 1.81. The van der Waals surface area contributed by atoms with Gasteiger partial charge in [-0.2, -0.15) is 0 Å². The highest BCUT2D eigenvalue weighted by Gasteiger charge is 2.23. The maximum Gasteiger partial charge on any atom is 0.339 e. The number of carbonyl (C=O) groups is 1. The molecule has 4 nitrogen and oxygen atoms in total. The summed E-state index contributed by atoms with van der Waals surface area (Å²) in [6.45, 7) is 6.14. The summed E-state index contributed by atoms with van der Waals surface area (Å²) in [6.07, 6.45) is 4.78. The van der Waals surface area contributed by atoms with Gasteiger partial charge in [-0.3, -0.25) is 4.90 Å². The summed E-state index contributed by atoms with van der Waals surface area (Å²) in [7, 11) is 0. The van der Waals surface area contributed by atoms with Gasteiger partial charge in [0.15, 0.2) is 0 Å². The van der Waals surface area contributed by atoms with E-state index in [1.165, 1.54) is 19.3 Å². The average molecular weight is 291 g/mol. The minimum absolute atomic E-state index is 0.234. The molecule has 21 heavy (non-hydrogen) atoms. The van der Waals surface area contributed by atoms with Crippen LogP contribution in [-0.2, 0) is 0 Å². The quantitative estimate of drug-likeness (QED) is 0.816. The molecule has 1 aliphatic heterocycles. The van der Waals surface area contributed by atoms with Crippen molar-refractivity contribution in [3.8, 4) is 5.75 Å². The lowest BCUT2D eigenvalue weighted by Gasteiger charge is -2.39. The molecule has 116 valence electrons. The normalized spacial score (nSPS) is 23.0. The van der Waals surface area contributed by atoms with Crippen molar-refractivity contribution in [3.63, 3.8) is 0 Å². The molecule has 0 radical (unpaired) electrons. The van der Waals surface area contributed by atoms with Crippen LogP contribution in [0.1, 0.15) is 49.9 Å². The highest BCUT2D eigenvalue weighted by Crippen LogP contribution is 2.23. The molecule has 1 fully saturated rings. The minimum Gasteiger partial charge on any atom is -0.493 e. The Morgan fingerprint density at radius 2 is 1.95 bits per heavy atom. The summed E-state index contributed by atoms with van der Waals surface area (Å²) < 4.78 is 5.65. The standard InChI is InChI=1S/C17H25NO3/c1-13-7-5-8-14(2)18(13)11-6-12-21-16-10-4-3-9-15(16)17(19)20/h3-4,9-10,13-14H,5-8,11-12H2,1-2H3,(H,19,20). The van der Waals surface area contributed by atoms with Gasteiger partial charge in [0.05, 0.1) is 6.61 Å². The van der Waals surface area contributed by atoms with E-state index in [1.54, 1.807) is 24.3 Å². The first-order valence-corrected chi connectivity index (χ1v) is 7.80. The molecule has 1 aromatic rings. The summed E-state index contributed by atoms with van der Waals surface area (Å²) in [6, 6.07) is 8.09. The van der Waals surface area contributed by atoms with E-state index in [0.717, 1.165) is 13.0 Å². The van der Waals surface area contributed by atoms with Crippen molar-refractivity contribution in [2.75, 3.05) is 13.2 Å². The first-order chi connectivity index (χ1) is 10.1. The molecule has 1 saturated heterocycles. The van der Waals surface area contributed by atoms with Gasteiger partial charge in [-0.15, -0.1) is 0 Å². The van der Waals surface area contributed by atoms with Crippen LogP contribution in [0.5, 0.6) is 5.75 Å². The smallest absolute Gasteiger partial charge is 0.339 e. The van der Waals surface area contributed by atoms with E-state index in [2.05, 4.69) is 18.7 Å². The fourth-order valence-electron chi connectivity index (χ4n) is 3.11. The third-order valence-electron chi connectivity index (χ3n) is 4.31. The van der Waals surface area contributed by atoms with Gasteiger partial charge < -0.3 is 9.84 Å². The van der Waals surface area contributed by atoms with Gasteiger partial charge in [0.1, 0.15) is 11.3 Å². The zero-order chi connectivity index (χ0) is 15.2. The van der Waals surface area contributed by atoms with Crippen LogP contribution in [0.2, 0.25) is 0 Å². The van der Waals surface area contributed by atoms with Gasteiger partial charge >= 0.3 is 5.97 Å². The van der Waals surface area contributed by atoms with Crippen molar-refractivity contribution < 1.29 is 14.6 Å². The molecule has 2 unspecified atom stereocenters. The van der Waals surface area contributed by atoms with E-state index in [4.69, 9.17) is 9.84 Å². The fourth-order valence-corrected chi connectivity index (χ4v) is 3.11. The van der Waals surface area contributed by atoms with Gasteiger partial charge in [-0.1, -0.05) is 18.6 Å². The Labute approximate surface area is 126 Å². The lowest BCUT2D eigenvalue weighted by Crippen LogP contribution is -2.44. The Hall–Kier alpha value is -1.55. The molecule has 1 aromatic carbocycles. The molecule has 0 amide bonds. The van der Waals surface area contributed by atoms with E-state index in [9.17, 15) is 4.79 Å². The fraction of sp³-hybridized carbons (Fsp3) is 0.588. The van der Waals surface area contributed by atoms with Gasteiger partial charge in [0.25, 0.3) is 0 Å². The second-order valence-electron chi connectivity index (χ2n) is 5.87. The van der Waals surface area contributed by atoms with E-state index in [1.807, 2.05) is 0 Å². The maximum atomic E-state index is 11.1. The number of rotatable bonds is 6. The van der Waals surface area contributed by atoms with Crippen LogP contribution in [-0.4, -0.2) is 41.2 Å². The molecule has 0 aromatic heterocycles. The van der Waals surface area contributed by atoms with Gasteiger partial charge in [0.2, 0.25) is 0 Å². The number of para-hydroxylation sites is 1. The summed E-state index contributed by atoms with van der Waals surface area (Å²) in [4.78, 5) is 13.6. The monoisotopic (exact) mass is 291 g/mol. The number of ether oxygens (including phenoxy) is 1. The number of hydrogen-bond donors (Lipinski definition) is 1. The second kappa shape index (κ2) is 7.46. The highest BCUT2D eigenvalue weighted by molar-refractivity contribution is 5.90. The number of carboxylic acid groups (broad SMARTS) is 1. The van der Waals surface area contributed by atoms with E-state index < -0.39 is 5.97 Å². The minimum atomic E-state index is -0.941. The largest absolute Gasteiger partial charge is 0.493 e. The van der Waals surface area contributed by atoms with Crippen LogP contribution >= 0.6 is 0 Å². The lowest BCUT2D eigenvalue weighted by molar-refractivity contribution is 0.0691. The molecule has 2 rings (SSSR count). The number of benzene rings is 1. The van der Waals surface area contributed by atoms with Gasteiger partial charge in [-0.05, 0) is 45.2 Å². The summed E-state index contributed by atoms with van der Waals surface area (Å²) in [5.41, 5.74) is 0.234. The molecule has 0 aliphatic carbocycles. The zero-order valence-electron chi connectivity index (χ0n) is 12.9. The third-order valence-corrected chi connectivity index (χ3v) is 4.31. The van der Waals surface area contributed by atoms with Crippen molar-refractivity contribution in [3.05, 3.63) is 29.8 Å². The highest BCUT2D eigenvalue weighted by atomic mass is 16.5. The molecule has 1 aliphatic rings. The zero-order valence-corrected chi connectivity index (χ0v) is 12.9. The number of carboxylic acids is 1. The number of hydrogen-bond acceptors (Lipinski definition) is 3. The Morgan fingerprint density at radius 1 is 1.29 bits per heavy atom. The van der Waals surface area contributed by atoms with Crippen LogP contribution < -0.4 is 4.74 Å². The SMILES string of the molecule is CC1CCCC(C)N1CCCOc1ccccc1C(=O)O. The Kier molecular flexibility index (Phi) is 5.62. The molecule has 0 saturated carbocycles. The second-order valence-corrected chi connectivity index (χ2v) is 5.87. The van der Waals surface area contributed by atoms with Crippen molar-refractivity contribution in [1.82, 2.24) is 4.90 Å².